The van der Waals surface area contributed by atoms with Crippen LogP contribution in [-0.2, 0) is 4.74 Å². The van der Waals surface area contributed by atoms with Crippen molar-refractivity contribution in [3.8, 4) is 0 Å². The molecule has 1 atom stereocenters. The number of nitrogens with zero attached hydrogens (tertiary/aromatic N) is 1. The molecule has 0 aliphatic heterocycles. The molecule has 3 nitrogen and oxygen atoms in total. The van der Waals surface area contributed by atoms with E-state index < -0.39 is 0 Å². The normalized spacial score (nSPS) is 13.9. The Morgan fingerprint density at radius 1 is 1.45 bits per heavy atom. The van der Waals surface area contributed by atoms with Gasteiger partial charge in [-0.05, 0) is 34.0 Å². The molecule has 11 heavy (non-hydrogen) atoms. The maximum absolute atomic E-state index is 8.61. The first-order valence-corrected chi connectivity index (χ1v) is 4.04. The number of hydrogen-bond acceptors (Lipinski definition) is 3. The highest BCUT2D eigenvalue weighted by molar-refractivity contribution is 4.47. The zero-order valence-electron chi connectivity index (χ0n) is 7.71. The minimum Gasteiger partial charge on any atom is -0.394 e. The van der Waals surface area contributed by atoms with E-state index in [-0.39, 0.29) is 12.7 Å². The average Bonchev–Trinajstić information content (AvgIpc) is 1.97. The highest BCUT2D eigenvalue weighted by Crippen LogP contribution is 1.91. The van der Waals surface area contributed by atoms with E-state index in [0.29, 0.717) is 0 Å². The van der Waals surface area contributed by atoms with Gasteiger partial charge in [-0.2, -0.15) is 0 Å². The summed E-state index contributed by atoms with van der Waals surface area (Å²) in [7, 11) is 4.07. The number of ether oxygens (including phenoxy) is 1. The van der Waals surface area contributed by atoms with Crippen molar-refractivity contribution in [1.82, 2.24) is 4.90 Å². The van der Waals surface area contributed by atoms with Crippen LogP contribution in [0.5, 0.6) is 0 Å². The predicted molar refractivity (Wildman–Crippen MR) is 45.7 cm³/mol. The minimum atomic E-state index is -0.0165. The lowest BCUT2D eigenvalue weighted by molar-refractivity contribution is 0.0219. The molecule has 0 bridgehead atoms. The maximum atomic E-state index is 8.61. The molecule has 0 saturated heterocycles. The Kier molecular flexibility index (Phi) is 6.51. The monoisotopic (exact) mass is 161 g/mol. The van der Waals surface area contributed by atoms with E-state index in [9.17, 15) is 0 Å². The molecule has 3 heteroatoms. The number of aliphatic hydroxyl groups is 1. The second-order valence-electron chi connectivity index (χ2n) is 3.02. The first-order valence-electron chi connectivity index (χ1n) is 4.04. The molecule has 0 aromatic carbocycles. The van der Waals surface area contributed by atoms with Gasteiger partial charge in [0.05, 0.1) is 12.7 Å². The van der Waals surface area contributed by atoms with Gasteiger partial charge < -0.3 is 14.7 Å². The third-order valence-electron chi connectivity index (χ3n) is 1.41. The van der Waals surface area contributed by atoms with Crippen LogP contribution in [0.25, 0.3) is 0 Å². The summed E-state index contributed by atoms with van der Waals surface area (Å²) in [5, 5.41) is 8.61. The molecule has 0 heterocycles. The molecular formula is C8H19NO2. The molecule has 0 aromatic heterocycles. The first kappa shape index (κ1) is 10.9. The van der Waals surface area contributed by atoms with Gasteiger partial charge in [-0.15, -0.1) is 0 Å². The maximum Gasteiger partial charge on any atom is 0.0777 e. The summed E-state index contributed by atoms with van der Waals surface area (Å²) in [5.74, 6) is 0. The largest absolute Gasteiger partial charge is 0.394 e. The summed E-state index contributed by atoms with van der Waals surface area (Å²) < 4.78 is 5.26. The van der Waals surface area contributed by atoms with E-state index in [2.05, 4.69) is 4.90 Å². The van der Waals surface area contributed by atoms with Crippen LogP contribution in [0.15, 0.2) is 0 Å². The van der Waals surface area contributed by atoms with Crippen molar-refractivity contribution in [2.24, 2.45) is 0 Å². The van der Waals surface area contributed by atoms with Crippen molar-refractivity contribution >= 4 is 0 Å². The third kappa shape index (κ3) is 7.78. The Balaban J connectivity index is 3.01. The van der Waals surface area contributed by atoms with Gasteiger partial charge in [0.15, 0.2) is 0 Å². The lowest BCUT2D eigenvalue weighted by Crippen LogP contribution is -2.18. The van der Waals surface area contributed by atoms with Crippen LogP contribution >= 0.6 is 0 Å². The highest BCUT2D eigenvalue weighted by Gasteiger charge is 1.98. The lowest BCUT2D eigenvalue weighted by atomic mass is 10.4. The highest BCUT2D eigenvalue weighted by atomic mass is 16.5. The van der Waals surface area contributed by atoms with E-state index in [1.54, 1.807) is 0 Å². The smallest absolute Gasteiger partial charge is 0.0777 e. The van der Waals surface area contributed by atoms with E-state index in [1.165, 1.54) is 0 Å². The zero-order chi connectivity index (χ0) is 8.69. The van der Waals surface area contributed by atoms with Crippen LogP contribution in [0.1, 0.15) is 13.3 Å². The minimum absolute atomic E-state index is 0.0165. The number of hydrogen-bond donors (Lipinski definition) is 1. The van der Waals surface area contributed by atoms with Crippen LogP contribution in [0.4, 0.5) is 0 Å². The van der Waals surface area contributed by atoms with Crippen LogP contribution in [0.2, 0.25) is 0 Å². The molecule has 0 aliphatic rings. The van der Waals surface area contributed by atoms with Gasteiger partial charge in [-0.25, -0.2) is 0 Å². The molecule has 0 rings (SSSR count). The van der Waals surface area contributed by atoms with E-state index in [0.717, 1.165) is 19.6 Å². The van der Waals surface area contributed by atoms with Gasteiger partial charge in [-0.3, -0.25) is 0 Å². The van der Waals surface area contributed by atoms with Crippen LogP contribution < -0.4 is 0 Å². The van der Waals surface area contributed by atoms with Crippen molar-refractivity contribution < 1.29 is 9.84 Å². The van der Waals surface area contributed by atoms with Crippen molar-refractivity contribution in [2.45, 2.75) is 19.4 Å². The molecule has 0 amide bonds. The lowest BCUT2D eigenvalue weighted by Gasteiger charge is -2.12. The van der Waals surface area contributed by atoms with Crippen LogP contribution in [-0.4, -0.2) is 50.0 Å². The van der Waals surface area contributed by atoms with Crippen molar-refractivity contribution in [1.29, 1.82) is 0 Å². The van der Waals surface area contributed by atoms with Gasteiger partial charge in [0, 0.05) is 6.61 Å². The summed E-state index contributed by atoms with van der Waals surface area (Å²) in [5.41, 5.74) is 0. The van der Waals surface area contributed by atoms with Crippen LogP contribution in [0, 0.1) is 0 Å². The van der Waals surface area contributed by atoms with Gasteiger partial charge in [0.2, 0.25) is 0 Å². The molecule has 1 unspecified atom stereocenters. The first-order chi connectivity index (χ1) is 5.16. The average molecular weight is 161 g/mol. The molecular weight excluding hydrogens is 142 g/mol. The standard InChI is InChI=1S/C8H19NO2/c1-8(7-10)11-6-4-5-9(2)3/h8,10H,4-7H2,1-3H3. The third-order valence-corrected chi connectivity index (χ3v) is 1.41. The second kappa shape index (κ2) is 6.58. The van der Waals surface area contributed by atoms with Crippen molar-refractivity contribution in [2.75, 3.05) is 33.9 Å². The Morgan fingerprint density at radius 3 is 2.55 bits per heavy atom. The Morgan fingerprint density at radius 2 is 2.09 bits per heavy atom. The van der Waals surface area contributed by atoms with E-state index in [1.807, 2.05) is 21.0 Å². The summed E-state index contributed by atoms with van der Waals surface area (Å²) in [6.45, 7) is 3.76. The van der Waals surface area contributed by atoms with Gasteiger partial charge in [-0.1, -0.05) is 0 Å². The molecule has 0 fully saturated rings. The molecule has 0 radical (unpaired) electrons. The van der Waals surface area contributed by atoms with Gasteiger partial charge in [0.25, 0.3) is 0 Å². The number of aliphatic hydroxyl groups excluding tert-OH is 1. The Labute approximate surface area is 69.0 Å². The van der Waals surface area contributed by atoms with Crippen molar-refractivity contribution in [3.63, 3.8) is 0 Å². The fourth-order valence-electron chi connectivity index (χ4n) is 0.718. The van der Waals surface area contributed by atoms with Gasteiger partial charge in [0.1, 0.15) is 0 Å². The zero-order valence-corrected chi connectivity index (χ0v) is 7.71. The fourth-order valence-corrected chi connectivity index (χ4v) is 0.718. The molecule has 0 spiro atoms. The van der Waals surface area contributed by atoms with Gasteiger partial charge >= 0.3 is 0 Å². The summed E-state index contributed by atoms with van der Waals surface area (Å²) in [4.78, 5) is 2.12. The van der Waals surface area contributed by atoms with E-state index in [4.69, 9.17) is 9.84 Å². The summed E-state index contributed by atoms with van der Waals surface area (Å²) in [6, 6.07) is 0. The van der Waals surface area contributed by atoms with E-state index >= 15 is 0 Å². The quantitative estimate of drug-likeness (QED) is 0.570. The topological polar surface area (TPSA) is 32.7 Å². The second-order valence-corrected chi connectivity index (χ2v) is 3.02. The van der Waals surface area contributed by atoms with Crippen LogP contribution in [0.3, 0.4) is 0 Å². The Bertz CT molecular complexity index is 86.2. The molecule has 0 saturated carbocycles. The summed E-state index contributed by atoms with van der Waals surface area (Å²) >= 11 is 0. The predicted octanol–water partition coefficient (Wildman–Crippen LogP) is 0.335. The molecule has 0 aromatic rings. The summed E-state index contributed by atoms with van der Waals surface area (Å²) in [6.07, 6.45) is 1.01. The van der Waals surface area contributed by atoms with Crippen molar-refractivity contribution in [3.05, 3.63) is 0 Å². The molecule has 68 valence electrons. The fraction of sp³-hybridized carbons (Fsp3) is 1.00. The SMILES string of the molecule is CC(CO)OCCCN(C)C. The molecule has 1 N–H and O–H groups in total. The number of rotatable bonds is 6. The Hall–Kier alpha value is -0.120. The molecule has 0 aliphatic carbocycles.